The zero-order valence-electron chi connectivity index (χ0n) is 15.3. The number of anilines is 1. The van der Waals surface area contributed by atoms with Crippen molar-refractivity contribution in [3.8, 4) is 0 Å². The molecule has 0 aliphatic carbocycles. The van der Waals surface area contributed by atoms with Gasteiger partial charge in [-0.15, -0.1) is 0 Å². The Hall–Kier alpha value is -2.24. The molecule has 0 spiro atoms. The molecule has 0 radical (unpaired) electrons. The predicted molar refractivity (Wildman–Crippen MR) is 102 cm³/mol. The van der Waals surface area contributed by atoms with Crippen molar-refractivity contribution < 1.29 is 4.79 Å². The Morgan fingerprint density at radius 2 is 1.96 bits per heavy atom. The van der Waals surface area contributed by atoms with Gasteiger partial charge in [0.25, 0.3) is 0 Å². The molecule has 3 rings (SSSR count). The van der Waals surface area contributed by atoms with E-state index in [-0.39, 0.29) is 5.91 Å². The van der Waals surface area contributed by atoms with Crippen LogP contribution in [0.25, 0.3) is 0 Å². The van der Waals surface area contributed by atoms with Gasteiger partial charge in [0, 0.05) is 45.5 Å². The number of amides is 1. The molecule has 6 heteroatoms. The number of carbonyl (C=O) groups excluding carboxylic acids is 1. The van der Waals surface area contributed by atoms with Crippen LogP contribution in [-0.2, 0) is 11.3 Å². The van der Waals surface area contributed by atoms with Gasteiger partial charge in [-0.25, -0.2) is 0 Å². The van der Waals surface area contributed by atoms with Crippen molar-refractivity contribution in [2.24, 2.45) is 10.9 Å². The first-order valence-corrected chi connectivity index (χ1v) is 9.22. The van der Waals surface area contributed by atoms with E-state index in [2.05, 4.69) is 56.6 Å². The van der Waals surface area contributed by atoms with Crippen LogP contribution in [0, 0.1) is 5.92 Å². The van der Waals surface area contributed by atoms with Crippen LogP contribution in [0.4, 0.5) is 5.69 Å². The third kappa shape index (κ3) is 4.65. The second kappa shape index (κ2) is 8.23. The molecule has 1 aromatic rings. The first kappa shape index (κ1) is 17.6. The van der Waals surface area contributed by atoms with Gasteiger partial charge in [0.15, 0.2) is 5.96 Å². The van der Waals surface area contributed by atoms with Crippen molar-refractivity contribution in [3.63, 3.8) is 0 Å². The van der Waals surface area contributed by atoms with E-state index >= 15 is 0 Å². The molecule has 2 aliphatic heterocycles. The van der Waals surface area contributed by atoms with Gasteiger partial charge in [0.1, 0.15) is 0 Å². The van der Waals surface area contributed by atoms with Crippen LogP contribution in [0.15, 0.2) is 29.3 Å². The van der Waals surface area contributed by atoms with Crippen molar-refractivity contribution in [1.29, 1.82) is 0 Å². The highest BCUT2D eigenvalue weighted by atomic mass is 16.2. The van der Waals surface area contributed by atoms with Crippen molar-refractivity contribution in [1.82, 2.24) is 15.5 Å². The lowest BCUT2D eigenvalue weighted by Gasteiger charge is -2.33. The highest BCUT2D eigenvalue weighted by Gasteiger charge is 2.19. The van der Waals surface area contributed by atoms with Crippen molar-refractivity contribution >= 4 is 17.6 Å². The van der Waals surface area contributed by atoms with Gasteiger partial charge in [-0.3, -0.25) is 9.79 Å². The number of hydrogen-bond donors (Lipinski definition) is 2. The summed E-state index contributed by atoms with van der Waals surface area (Å²) in [7, 11) is 1.85. The molecule has 25 heavy (non-hydrogen) atoms. The molecule has 0 aromatic heterocycles. The fraction of sp³-hybridized carbons (Fsp3) is 0.579. The number of hydrogen-bond acceptors (Lipinski definition) is 3. The Morgan fingerprint density at radius 1 is 1.24 bits per heavy atom. The maximum atomic E-state index is 11.5. The van der Waals surface area contributed by atoms with Gasteiger partial charge < -0.3 is 20.4 Å². The van der Waals surface area contributed by atoms with Gasteiger partial charge in [-0.1, -0.05) is 19.1 Å². The standard InChI is InChI=1S/C19H29N5O/c1-15-7-10-23(11-8-15)19(20-2)22-13-16-3-5-17(6-4-16)24-12-9-21-18(25)14-24/h3-6,15H,7-14H2,1-2H3,(H,20,22)(H,21,25). The summed E-state index contributed by atoms with van der Waals surface area (Å²) in [5, 5.41) is 6.33. The molecule has 136 valence electrons. The summed E-state index contributed by atoms with van der Waals surface area (Å²) < 4.78 is 0. The van der Waals surface area contributed by atoms with E-state index in [1.54, 1.807) is 0 Å². The average Bonchev–Trinajstić information content (AvgIpc) is 2.64. The van der Waals surface area contributed by atoms with E-state index in [1.807, 2.05) is 7.05 Å². The Kier molecular flexibility index (Phi) is 5.79. The largest absolute Gasteiger partial charge is 0.360 e. The Morgan fingerprint density at radius 3 is 2.60 bits per heavy atom. The number of likely N-dealkylation sites (tertiary alicyclic amines) is 1. The van der Waals surface area contributed by atoms with E-state index in [9.17, 15) is 4.79 Å². The van der Waals surface area contributed by atoms with Crippen LogP contribution < -0.4 is 15.5 Å². The zero-order valence-corrected chi connectivity index (χ0v) is 15.3. The fourth-order valence-corrected chi connectivity index (χ4v) is 3.42. The number of benzene rings is 1. The molecule has 2 heterocycles. The zero-order chi connectivity index (χ0) is 17.6. The molecular formula is C19H29N5O. The molecule has 0 saturated carbocycles. The van der Waals surface area contributed by atoms with E-state index in [0.717, 1.165) is 43.7 Å². The number of guanidine groups is 1. The first-order valence-electron chi connectivity index (χ1n) is 9.22. The highest BCUT2D eigenvalue weighted by Crippen LogP contribution is 2.17. The summed E-state index contributed by atoms with van der Waals surface area (Å²) in [5.74, 6) is 1.90. The lowest BCUT2D eigenvalue weighted by Crippen LogP contribution is -2.47. The molecule has 2 fully saturated rings. The van der Waals surface area contributed by atoms with Crippen LogP contribution in [0.1, 0.15) is 25.3 Å². The minimum Gasteiger partial charge on any atom is -0.360 e. The van der Waals surface area contributed by atoms with E-state index in [4.69, 9.17) is 0 Å². The van der Waals surface area contributed by atoms with Gasteiger partial charge in [0.05, 0.1) is 6.54 Å². The number of nitrogens with zero attached hydrogens (tertiary/aromatic N) is 3. The van der Waals surface area contributed by atoms with Crippen LogP contribution in [-0.4, -0.2) is 56.5 Å². The Balaban J connectivity index is 1.53. The number of piperidine rings is 1. The van der Waals surface area contributed by atoms with Crippen molar-refractivity contribution in [2.75, 3.05) is 44.7 Å². The Bertz CT molecular complexity index is 605. The quantitative estimate of drug-likeness (QED) is 0.644. The molecule has 2 N–H and O–H groups in total. The monoisotopic (exact) mass is 343 g/mol. The summed E-state index contributed by atoms with van der Waals surface area (Å²) in [6.45, 7) is 7.27. The first-order chi connectivity index (χ1) is 12.2. The van der Waals surface area contributed by atoms with E-state index < -0.39 is 0 Å². The maximum Gasteiger partial charge on any atom is 0.239 e. The van der Waals surface area contributed by atoms with Crippen LogP contribution in [0.5, 0.6) is 0 Å². The predicted octanol–water partition coefficient (Wildman–Crippen LogP) is 1.43. The summed E-state index contributed by atoms with van der Waals surface area (Å²) in [6.07, 6.45) is 2.47. The summed E-state index contributed by atoms with van der Waals surface area (Å²) in [5.41, 5.74) is 2.32. The second-order valence-corrected chi connectivity index (χ2v) is 7.01. The smallest absolute Gasteiger partial charge is 0.239 e. The number of rotatable bonds is 3. The minimum absolute atomic E-state index is 0.0941. The average molecular weight is 343 g/mol. The van der Waals surface area contributed by atoms with Crippen molar-refractivity contribution in [3.05, 3.63) is 29.8 Å². The molecule has 0 unspecified atom stereocenters. The van der Waals surface area contributed by atoms with Gasteiger partial charge >= 0.3 is 0 Å². The van der Waals surface area contributed by atoms with Crippen molar-refractivity contribution in [2.45, 2.75) is 26.3 Å². The second-order valence-electron chi connectivity index (χ2n) is 7.01. The maximum absolute atomic E-state index is 11.5. The number of aliphatic imine (C=N–C) groups is 1. The number of piperazine rings is 1. The number of carbonyl (C=O) groups is 1. The Labute approximate surface area is 150 Å². The van der Waals surface area contributed by atoms with Gasteiger partial charge in [-0.2, -0.15) is 0 Å². The van der Waals surface area contributed by atoms with Crippen LogP contribution in [0.2, 0.25) is 0 Å². The SMILES string of the molecule is CN=C(NCc1ccc(N2CCNC(=O)C2)cc1)N1CCC(C)CC1. The summed E-state index contributed by atoms with van der Waals surface area (Å²) in [4.78, 5) is 20.4. The highest BCUT2D eigenvalue weighted by molar-refractivity contribution is 5.82. The van der Waals surface area contributed by atoms with Crippen LogP contribution in [0.3, 0.4) is 0 Å². The number of nitrogens with one attached hydrogen (secondary N) is 2. The minimum atomic E-state index is 0.0941. The molecule has 0 atom stereocenters. The third-order valence-corrected chi connectivity index (χ3v) is 5.09. The lowest BCUT2D eigenvalue weighted by molar-refractivity contribution is -0.120. The molecule has 1 amide bonds. The lowest BCUT2D eigenvalue weighted by atomic mass is 9.99. The van der Waals surface area contributed by atoms with E-state index in [0.29, 0.717) is 13.1 Å². The van der Waals surface area contributed by atoms with Gasteiger partial charge in [0.2, 0.25) is 5.91 Å². The third-order valence-electron chi connectivity index (χ3n) is 5.09. The molecule has 2 saturated heterocycles. The topological polar surface area (TPSA) is 60.0 Å². The summed E-state index contributed by atoms with van der Waals surface area (Å²) in [6, 6.07) is 8.45. The summed E-state index contributed by atoms with van der Waals surface area (Å²) >= 11 is 0. The normalized spacial score (nSPS) is 19.8. The molecular weight excluding hydrogens is 314 g/mol. The fourth-order valence-electron chi connectivity index (χ4n) is 3.42. The molecule has 1 aromatic carbocycles. The molecule has 0 bridgehead atoms. The molecule has 6 nitrogen and oxygen atoms in total. The van der Waals surface area contributed by atoms with Crippen LogP contribution >= 0.6 is 0 Å². The van der Waals surface area contributed by atoms with E-state index in [1.165, 1.54) is 18.4 Å². The molecule has 2 aliphatic rings. The van der Waals surface area contributed by atoms with Gasteiger partial charge in [-0.05, 0) is 36.5 Å².